The first-order chi connectivity index (χ1) is 8.62. The molecule has 0 heterocycles. The molecule has 2 rings (SSSR count). The third-order valence-corrected chi connectivity index (χ3v) is 4.92. The van der Waals surface area contributed by atoms with Crippen LogP contribution in [0.3, 0.4) is 0 Å². The van der Waals surface area contributed by atoms with Crippen molar-refractivity contribution < 1.29 is 0 Å². The van der Waals surface area contributed by atoms with Crippen molar-refractivity contribution in [3.63, 3.8) is 0 Å². The topological polar surface area (TPSA) is 29.3 Å². The average Bonchev–Trinajstić information content (AvgIpc) is 3.19. The maximum Gasteiger partial charge on any atom is 0.0357 e. The standard InChI is InChI=1S/C15H23BrN2/c1-3-15(11-17,13-6-7-13)18(2)10-12-4-8-14(16)9-5-12/h4-5,8-9,13H,3,6-7,10-11,17H2,1-2H3. The van der Waals surface area contributed by atoms with E-state index >= 15 is 0 Å². The van der Waals surface area contributed by atoms with Crippen molar-refractivity contribution in [1.29, 1.82) is 0 Å². The van der Waals surface area contributed by atoms with E-state index in [1.165, 1.54) is 18.4 Å². The van der Waals surface area contributed by atoms with E-state index in [1.807, 2.05) is 0 Å². The molecule has 1 atom stereocenters. The molecule has 0 bridgehead atoms. The molecular formula is C15H23BrN2. The highest BCUT2D eigenvalue weighted by Crippen LogP contribution is 2.44. The van der Waals surface area contributed by atoms with Crippen LogP contribution in [0.5, 0.6) is 0 Å². The Morgan fingerprint density at radius 2 is 1.94 bits per heavy atom. The first kappa shape index (κ1) is 14.0. The molecule has 1 fully saturated rings. The number of nitrogens with zero attached hydrogens (tertiary/aromatic N) is 1. The molecule has 2 N–H and O–H groups in total. The van der Waals surface area contributed by atoms with Gasteiger partial charge in [-0.25, -0.2) is 0 Å². The van der Waals surface area contributed by atoms with E-state index in [0.29, 0.717) is 0 Å². The van der Waals surface area contributed by atoms with Crippen molar-refractivity contribution >= 4 is 15.9 Å². The minimum Gasteiger partial charge on any atom is -0.329 e. The number of likely N-dealkylation sites (N-methyl/N-ethyl adjacent to an activating group) is 1. The van der Waals surface area contributed by atoms with Gasteiger partial charge in [0.1, 0.15) is 0 Å². The number of halogens is 1. The van der Waals surface area contributed by atoms with E-state index in [1.54, 1.807) is 0 Å². The van der Waals surface area contributed by atoms with E-state index in [4.69, 9.17) is 5.73 Å². The second-order valence-electron chi connectivity index (χ2n) is 5.42. The first-order valence-electron chi connectivity index (χ1n) is 6.78. The molecule has 1 aromatic rings. The van der Waals surface area contributed by atoms with E-state index in [9.17, 15) is 0 Å². The predicted octanol–water partition coefficient (Wildman–Crippen LogP) is 3.40. The van der Waals surface area contributed by atoms with Crippen molar-refractivity contribution in [3.05, 3.63) is 34.3 Å². The molecule has 2 nitrogen and oxygen atoms in total. The van der Waals surface area contributed by atoms with Crippen molar-refractivity contribution in [2.24, 2.45) is 11.7 Å². The van der Waals surface area contributed by atoms with Gasteiger partial charge in [-0.1, -0.05) is 35.0 Å². The summed E-state index contributed by atoms with van der Waals surface area (Å²) in [5, 5.41) is 0. The van der Waals surface area contributed by atoms with Gasteiger partial charge in [-0.15, -0.1) is 0 Å². The zero-order valence-corrected chi connectivity index (χ0v) is 12.9. The molecule has 18 heavy (non-hydrogen) atoms. The van der Waals surface area contributed by atoms with E-state index in [-0.39, 0.29) is 5.54 Å². The van der Waals surface area contributed by atoms with E-state index in [0.717, 1.165) is 29.9 Å². The quantitative estimate of drug-likeness (QED) is 0.872. The number of benzene rings is 1. The van der Waals surface area contributed by atoms with Gasteiger partial charge in [-0.3, -0.25) is 4.90 Å². The zero-order chi connectivity index (χ0) is 13.2. The molecule has 3 heteroatoms. The monoisotopic (exact) mass is 310 g/mol. The molecule has 100 valence electrons. The molecule has 1 aliphatic carbocycles. The van der Waals surface area contributed by atoms with Crippen LogP contribution in [-0.2, 0) is 6.54 Å². The van der Waals surface area contributed by atoms with Crippen LogP contribution in [0.4, 0.5) is 0 Å². The lowest BCUT2D eigenvalue weighted by atomic mass is 9.88. The minimum atomic E-state index is 0.201. The Balaban J connectivity index is 2.09. The molecule has 1 saturated carbocycles. The Morgan fingerprint density at radius 3 is 2.39 bits per heavy atom. The molecule has 0 amide bonds. The molecule has 0 saturated heterocycles. The van der Waals surface area contributed by atoms with Crippen LogP contribution in [0.1, 0.15) is 31.7 Å². The van der Waals surface area contributed by atoms with Crippen LogP contribution in [0, 0.1) is 5.92 Å². The van der Waals surface area contributed by atoms with Crippen molar-refractivity contribution in [1.82, 2.24) is 4.90 Å². The van der Waals surface area contributed by atoms with Crippen LogP contribution >= 0.6 is 15.9 Å². The Bertz CT molecular complexity index is 380. The van der Waals surface area contributed by atoms with Crippen molar-refractivity contribution in [2.45, 2.75) is 38.3 Å². The highest BCUT2D eigenvalue weighted by Gasteiger charge is 2.45. The van der Waals surface area contributed by atoms with Crippen LogP contribution in [0.25, 0.3) is 0 Å². The van der Waals surface area contributed by atoms with Gasteiger partial charge in [0.15, 0.2) is 0 Å². The largest absolute Gasteiger partial charge is 0.329 e. The van der Waals surface area contributed by atoms with E-state index < -0.39 is 0 Å². The summed E-state index contributed by atoms with van der Waals surface area (Å²) >= 11 is 3.48. The molecule has 0 aliphatic heterocycles. The SMILES string of the molecule is CCC(CN)(C1CC1)N(C)Cc1ccc(Br)cc1. The molecular weight excluding hydrogens is 288 g/mol. The number of hydrogen-bond acceptors (Lipinski definition) is 2. The molecule has 0 radical (unpaired) electrons. The summed E-state index contributed by atoms with van der Waals surface area (Å²) in [5.41, 5.74) is 7.64. The normalized spacial score (nSPS) is 18.9. The maximum absolute atomic E-state index is 6.09. The van der Waals surface area contributed by atoms with Crippen LogP contribution in [-0.4, -0.2) is 24.0 Å². The lowest BCUT2D eigenvalue weighted by Gasteiger charge is -2.41. The van der Waals surface area contributed by atoms with Crippen molar-refractivity contribution in [3.8, 4) is 0 Å². The Morgan fingerprint density at radius 1 is 1.33 bits per heavy atom. The Hall–Kier alpha value is -0.380. The second-order valence-corrected chi connectivity index (χ2v) is 6.33. The zero-order valence-electron chi connectivity index (χ0n) is 11.3. The fraction of sp³-hybridized carbons (Fsp3) is 0.600. The van der Waals surface area contributed by atoms with Gasteiger partial charge < -0.3 is 5.73 Å². The maximum atomic E-state index is 6.09. The van der Waals surface area contributed by atoms with Crippen molar-refractivity contribution in [2.75, 3.05) is 13.6 Å². The van der Waals surface area contributed by atoms with Crippen LogP contribution in [0.2, 0.25) is 0 Å². The summed E-state index contributed by atoms with van der Waals surface area (Å²) in [7, 11) is 2.22. The van der Waals surface area contributed by atoms with Gasteiger partial charge in [-0.05, 0) is 49.9 Å². The fourth-order valence-corrected chi connectivity index (χ4v) is 3.24. The fourth-order valence-electron chi connectivity index (χ4n) is 2.98. The number of rotatable bonds is 6. The first-order valence-corrected chi connectivity index (χ1v) is 7.57. The molecule has 0 spiro atoms. The third kappa shape index (κ3) is 2.79. The lowest BCUT2D eigenvalue weighted by molar-refractivity contribution is 0.0891. The number of hydrogen-bond donors (Lipinski definition) is 1. The van der Waals surface area contributed by atoms with Gasteiger partial charge in [0.05, 0.1) is 0 Å². The molecule has 1 aromatic carbocycles. The minimum absolute atomic E-state index is 0.201. The van der Waals surface area contributed by atoms with Gasteiger partial charge in [0.2, 0.25) is 0 Å². The van der Waals surface area contributed by atoms with Crippen LogP contribution < -0.4 is 5.73 Å². The van der Waals surface area contributed by atoms with Gasteiger partial charge in [0, 0.05) is 23.1 Å². The highest BCUT2D eigenvalue weighted by atomic mass is 79.9. The van der Waals surface area contributed by atoms with Crippen LogP contribution in [0.15, 0.2) is 28.7 Å². The lowest BCUT2D eigenvalue weighted by Crippen LogP contribution is -2.53. The summed E-state index contributed by atoms with van der Waals surface area (Å²) in [4.78, 5) is 2.47. The van der Waals surface area contributed by atoms with Gasteiger partial charge in [0.25, 0.3) is 0 Å². The second kappa shape index (κ2) is 5.72. The summed E-state index contributed by atoms with van der Waals surface area (Å²) in [5.74, 6) is 0.799. The number of nitrogens with two attached hydrogens (primary N) is 1. The highest BCUT2D eigenvalue weighted by molar-refractivity contribution is 9.10. The Kier molecular flexibility index (Phi) is 4.46. The average molecular weight is 311 g/mol. The van der Waals surface area contributed by atoms with E-state index in [2.05, 4.69) is 59.1 Å². The summed E-state index contributed by atoms with van der Waals surface area (Å²) in [6, 6.07) is 8.58. The molecule has 1 aliphatic rings. The summed E-state index contributed by atoms with van der Waals surface area (Å²) in [6.07, 6.45) is 3.83. The molecule has 0 aromatic heterocycles. The molecule has 1 unspecified atom stereocenters. The smallest absolute Gasteiger partial charge is 0.0357 e. The van der Waals surface area contributed by atoms with Gasteiger partial charge >= 0.3 is 0 Å². The van der Waals surface area contributed by atoms with Gasteiger partial charge in [-0.2, -0.15) is 0 Å². The summed E-state index contributed by atoms with van der Waals surface area (Å²) in [6.45, 7) is 4.01. The third-order valence-electron chi connectivity index (χ3n) is 4.40. The predicted molar refractivity (Wildman–Crippen MR) is 80.4 cm³/mol. The summed E-state index contributed by atoms with van der Waals surface area (Å²) < 4.78 is 1.14. The Labute approximate surface area is 119 Å².